The van der Waals surface area contributed by atoms with Gasteiger partial charge in [0.2, 0.25) is 5.91 Å². The van der Waals surface area contributed by atoms with E-state index >= 15 is 0 Å². The number of nitrogens with zero attached hydrogens (tertiary/aromatic N) is 4. The lowest BCUT2D eigenvalue weighted by molar-refractivity contribution is -0.132. The number of anilines is 1. The van der Waals surface area contributed by atoms with Crippen LogP contribution in [-0.4, -0.2) is 101 Å². The maximum atomic E-state index is 13.1. The summed E-state index contributed by atoms with van der Waals surface area (Å²) in [4.78, 5) is 36.9. The molecule has 2 amide bonds. The smallest absolute Gasteiger partial charge is 0.384 e. The van der Waals surface area contributed by atoms with Gasteiger partial charge in [0.15, 0.2) is 0 Å². The highest BCUT2D eigenvalue weighted by Gasteiger charge is 2.48. The molecule has 3 atom stereocenters. The summed E-state index contributed by atoms with van der Waals surface area (Å²) in [5, 5.41) is 14.0. The zero-order valence-electron chi connectivity index (χ0n) is 25.8. The van der Waals surface area contributed by atoms with Gasteiger partial charge in [-0.2, -0.15) is 13.2 Å². The van der Waals surface area contributed by atoms with Crippen molar-refractivity contribution in [3.8, 4) is 0 Å². The normalized spacial score (nSPS) is 30.4. The third kappa shape index (κ3) is 6.82. The largest absolute Gasteiger partial charge is 0.412 e. The highest BCUT2D eigenvalue weighted by Crippen LogP contribution is 2.42. The van der Waals surface area contributed by atoms with Crippen molar-refractivity contribution < 1.29 is 32.6 Å². The summed E-state index contributed by atoms with van der Waals surface area (Å²) in [5.41, 5.74) is -0.214. The molecular weight excluding hydrogens is 575 g/mol. The molecule has 0 bridgehead atoms. The number of carbonyl (C=O) groups excluding carboxylic acids is 2. The summed E-state index contributed by atoms with van der Waals surface area (Å²) >= 11 is 0. The molecule has 4 fully saturated rings. The predicted octanol–water partition coefficient (Wildman–Crippen LogP) is 3.68. The van der Waals surface area contributed by atoms with Gasteiger partial charge in [0.05, 0.1) is 37.3 Å². The second-order valence-corrected chi connectivity index (χ2v) is 12.6. The molecule has 3 aliphatic heterocycles. The van der Waals surface area contributed by atoms with Crippen molar-refractivity contribution in [3.05, 3.63) is 47.3 Å². The summed E-state index contributed by atoms with van der Waals surface area (Å²) in [6.07, 6.45) is 4.02. The van der Waals surface area contributed by atoms with Gasteiger partial charge in [-0.05, 0) is 77.5 Å². The molecule has 0 aromatic carbocycles. The summed E-state index contributed by atoms with van der Waals surface area (Å²) < 4.78 is 44.3. The van der Waals surface area contributed by atoms with Crippen LogP contribution in [0.4, 0.5) is 18.9 Å². The van der Waals surface area contributed by atoms with Gasteiger partial charge in [0.25, 0.3) is 5.91 Å². The molecule has 4 aliphatic rings. The van der Waals surface area contributed by atoms with Crippen molar-refractivity contribution in [3.63, 3.8) is 0 Å². The third-order valence-electron chi connectivity index (χ3n) is 9.91. The third-order valence-corrected chi connectivity index (χ3v) is 9.91. The van der Waals surface area contributed by atoms with Crippen LogP contribution in [0, 0.1) is 0 Å². The highest BCUT2D eigenvalue weighted by molar-refractivity contribution is 5.98. The average Bonchev–Trinajstić information content (AvgIpc) is 3.61. The first kappa shape index (κ1) is 32.4. The Morgan fingerprint density at radius 3 is 2.50 bits per heavy atom. The molecule has 1 aliphatic carbocycles. The number of hydrogen-bond donors (Lipinski definition) is 2. The topological polar surface area (TPSA) is 98.2 Å². The number of amides is 2. The van der Waals surface area contributed by atoms with Gasteiger partial charge in [0, 0.05) is 54.9 Å². The van der Waals surface area contributed by atoms with Crippen LogP contribution in [0.2, 0.25) is 0 Å². The molecule has 44 heavy (non-hydrogen) atoms. The minimum Gasteiger partial charge on any atom is -0.384 e. The fourth-order valence-electron chi connectivity index (χ4n) is 7.35. The molecule has 4 heterocycles. The minimum absolute atomic E-state index is 0.0468. The zero-order chi connectivity index (χ0) is 31.6. The number of alkyl halides is 3. The lowest BCUT2D eigenvalue weighted by atomic mass is 9.79. The van der Waals surface area contributed by atoms with Crippen molar-refractivity contribution in [1.82, 2.24) is 20.1 Å². The number of nitrogens with one attached hydrogen (secondary N) is 1. The molecule has 242 valence electrons. The monoisotopic (exact) mass is 619 g/mol. The van der Waals surface area contributed by atoms with E-state index in [2.05, 4.69) is 27.0 Å². The Morgan fingerprint density at radius 2 is 1.86 bits per heavy atom. The number of fused-ring (bicyclic) bond motifs is 1. The molecular formula is C32H44F3N5O4. The van der Waals surface area contributed by atoms with Crippen LogP contribution in [0.5, 0.6) is 0 Å². The van der Waals surface area contributed by atoms with Crippen molar-refractivity contribution in [2.24, 2.45) is 0 Å². The Kier molecular flexibility index (Phi) is 9.72. The van der Waals surface area contributed by atoms with Crippen LogP contribution >= 0.6 is 0 Å². The van der Waals surface area contributed by atoms with Crippen molar-refractivity contribution in [1.29, 1.82) is 0 Å². The van der Waals surface area contributed by atoms with Crippen molar-refractivity contribution in [2.75, 3.05) is 44.3 Å². The lowest BCUT2D eigenvalue weighted by Crippen LogP contribution is -2.47. The van der Waals surface area contributed by atoms with E-state index in [1.54, 1.807) is 0 Å². The Morgan fingerprint density at radius 1 is 1.14 bits per heavy atom. The van der Waals surface area contributed by atoms with Crippen molar-refractivity contribution >= 4 is 17.5 Å². The zero-order valence-corrected chi connectivity index (χ0v) is 25.8. The van der Waals surface area contributed by atoms with E-state index in [1.807, 2.05) is 23.2 Å². The second kappa shape index (κ2) is 13.2. The Bertz CT molecular complexity index is 1260. The van der Waals surface area contributed by atoms with E-state index in [0.717, 1.165) is 57.5 Å². The van der Waals surface area contributed by atoms with E-state index < -0.39 is 23.3 Å². The predicted molar refractivity (Wildman–Crippen MR) is 160 cm³/mol. The van der Waals surface area contributed by atoms with Gasteiger partial charge in [0.1, 0.15) is 5.60 Å². The summed E-state index contributed by atoms with van der Waals surface area (Å²) in [6, 6.07) is 4.87. The number of likely N-dealkylation sites (tertiary alicyclic amines) is 2. The molecule has 2 N–H and O–H groups in total. The molecule has 9 nitrogen and oxygen atoms in total. The first-order chi connectivity index (χ1) is 20.9. The number of ether oxygens (including phenoxy) is 1. The second-order valence-electron chi connectivity index (χ2n) is 12.6. The van der Waals surface area contributed by atoms with Crippen LogP contribution in [-0.2, 0) is 19.9 Å². The number of hydrogen-bond acceptors (Lipinski definition) is 7. The van der Waals surface area contributed by atoms with Gasteiger partial charge in [-0.25, -0.2) is 0 Å². The van der Waals surface area contributed by atoms with E-state index in [1.165, 1.54) is 13.0 Å². The molecule has 3 unspecified atom stereocenters. The van der Waals surface area contributed by atoms with Crippen LogP contribution < -0.4 is 10.2 Å². The van der Waals surface area contributed by atoms with Gasteiger partial charge in [-0.3, -0.25) is 19.5 Å². The maximum Gasteiger partial charge on any atom is 0.412 e. The Labute approximate surface area is 257 Å². The molecule has 1 aromatic rings. The molecule has 12 heteroatoms. The fraction of sp³-hybridized carbons (Fsp3) is 0.656. The Balaban J connectivity index is 1.12. The summed E-state index contributed by atoms with van der Waals surface area (Å²) in [7, 11) is 0. The quantitative estimate of drug-likeness (QED) is 0.355. The number of carbonyl (C=O) groups is 2. The number of aliphatic hydroxyl groups is 1. The molecule has 1 saturated carbocycles. The summed E-state index contributed by atoms with van der Waals surface area (Å²) in [6.45, 7) is 7.93. The molecule has 5 rings (SSSR count). The molecule has 3 saturated heterocycles. The van der Waals surface area contributed by atoms with Crippen LogP contribution in [0.3, 0.4) is 0 Å². The van der Waals surface area contributed by atoms with Gasteiger partial charge < -0.3 is 25.0 Å². The SMILES string of the molecule is C/C=C(\C=C(/C)C(F)(F)F)C(=O)NCC(=O)N1CCC2C1CCN2C1CCC(O)(c2ccc(N3CCOCC3C)cn2)CC1. The number of allylic oxidation sites excluding steroid dienone is 2. The van der Waals surface area contributed by atoms with E-state index in [9.17, 15) is 27.9 Å². The van der Waals surface area contributed by atoms with E-state index in [-0.39, 0.29) is 36.2 Å². The average molecular weight is 620 g/mol. The first-order valence-corrected chi connectivity index (χ1v) is 15.7. The first-order valence-electron chi connectivity index (χ1n) is 15.7. The molecule has 0 radical (unpaired) electrons. The lowest BCUT2D eigenvalue weighted by Gasteiger charge is -2.41. The number of aromatic nitrogens is 1. The van der Waals surface area contributed by atoms with E-state index in [4.69, 9.17) is 4.74 Å². The highest BCUT2D eigenvalue weighted by atomic mass is 19.4. The number of halogens is 3. The van der Waals surface area contributed by atoms with E-state index in [0.29, 0.717) is 44.3 Å². The fourth-order valence-corrected chi connectivity index (χ4v) is 7.35. The number of rotatable bonds is 7. The maximum absolute atomic E-state index is 13.1. The summed E-state index contributed by atoms with van der Waals surface area (Å²) in [5.74, 6) is -0.929. The number of morpholine rings is 1. The van der Waals surface area contributed by atoms with Crippen LogP contribution in [0.15, 0.2) is 41.6 Å². The minimum atomic E-state index is -4.52. The van der Waals surface area contributed by atoms with Crippen LogP contribution in [0.25, 0.3) is 0 Å². The van der Waals surface area contributed by atoms with Crippen LogP contribution in [0.1, 0.15) is 65.0 Å². The Hall–Kier alpha value is -2.96. The van der Waals surface area contributed by atoms with Gasteiger partial charge in [-0.1, -0.05) is 6.08 Å². The van der Waals surface area contributed by atoms with Gasteiger partial charge in [-0.15, -0.1) is 0 Å². The van der Waals surface area contributed by atoms with Crippen molar-refractivity contribution in [2.45, 2.75) is 95.2 Å². The molecule has 1 aromatic heterocycles. The number of pyridine rings is 1. The molecule has 0 spiro atoms. The standard InChI is InChI=1S/C32H44F3N5O4/c1-4-23(17-21(2)32(33,34)35)30(42)37-19-29(41)40-14-10-26-27(40)9-13-39(26)24-7-11-31(43,12-8-24)28-6-5-25(18-36-28)38-15-16-44-20-22(38)3/h4-6,17-18,22,24,26-27,43H,7-16,19-20H2,1-3H3,(H,37,42)/b21-17+,23-4+. The van der Waals surface area contributed by atoms with Gasteiger partial charge >= 0.3 is 6.18 Å².